The highest BCUT2D eigenvalue weighted by atomic mass is 79.9. The van der Waals surface area contributed by atoms with Crippen molar-refractivity contribution in [2.75, 3.05) is 0 Å². The summed E-state index contributed by atoms with van der Waals surface area (Å²) in [6, 6.07) is 6.94. The molecule has 1 atom stereocenters. The van der Waals surface area contributed by atoms with Crippen LogP contribution in [0.2, 0.25) is 0 Å². The van der Waals surface area contributed by atoms with E-state index in [4.69, 9.17) is 0 Å². The van der Waals surface area contributed by atoms with Crippen molar-refractivity contribution in [3.8, 4) is 0 Å². The molecule has 2 rings (SSSR count). The van der Waals surface area contributed by atoms with Gasteiger partial charge in [-0.3, -0.25) is 10.1 Å². The lowest BCUT2D eigenvalue weighted by molar-refractivity contribution is -0.384. The van der Waals surface area contributed by atoms with Gasteiger partial charge in [0.2, 0.25) is 0 Å². The van der Waals surface area contributed by atoms with E-state index in [9.17, 15) is 10.1 Å². The van der Waals surface area contributed by atoms with Crippen LogP contribution in [0.5, 0.6) is 0 Å². The molecule has 0 aromatic heterocycles. The monoisotopic (exact) mass is 339 g/mol. The third-order valence-electron chi connectivity index (χ3n) is 4.17. The Kier molecular flexibility index (Phi) is 6.02. The molecule has 1 aromatic rings. The van der Waals surface area contributed by atoms with Crippen LogP contribution in [0.4, 0.5) is 5.69 Å². The van der Waals surface area contributed by atoms with E-state index >= 15 is 0 Å². The fraction of sp³-hybridized carbons (Fsp3) is 0.625. The number of benzene rings is 1. The zero-order valence-electron chi connectivity index (χ0n) is 11.8. The second-order valence-electron chi connectivity index (χ2n) is 5.82. The van der Waals surface area contributed by atoms with Crippen LogP contribution in [0.1, 0.15) is 50.5 Å². The molecule has 1 fully saturated rings. The Labute approximate surface area is 129 Å². The number of non-ortho nitro benzene ring substituents is 1. The van der Waals surface area contributed by atoms with Gasteiger partial charge in [-0.05, 0) is 24.3 Å². The molecule has 1 saturated carbocycles. The molecule has 0 radical (unpaired) electrons. The minimum absolute atomic E-state index is 0.170. The maximum Gasteiger partial charge on any atom is 0.269 e. The number of rotatable bonds is 5. The number of halogens is 1. The van der Waals surface area contributed by atoms with E-state index in [0.717, 1.165) is 12.3 Å². The molecule has 3 nitrogen and oxygen atoms in total. The normalized spacial score (nSPS) is 18.4. The zero-order chi connectivity index (χ0) is 14.4. The molecule has 0 saturated heterocycles. The van der Waals surface area contributed by atoms with Gasteiger partial charge in [-0.1, -0.05) is 66.6 Å². The lowest BCUT2D eigenvalue weighted by Gasteiger charge is -2.18. The molecule has 0 aliphatic heterocycles. The molecule has 4 heteroatoms. The van der Waals surface area contributed by atoms with E-state index in [1.54, 1.807) is 12.1 Å². The maximum atomic E-state index is 10.6. The topological polar surface area (TPSA) is 43.1 Å². The molecule has 0 bridgehead atoms. The average Bonchev–Trinajstić information content (AvgIpc) is 2.68. The van der Waals surface area contributed by atoms with Gasteiger partial charge >= 0.3 is 0 Å². The minimum atomic E-state index is -0.346. The van der Waals surface area contributed by atoms with Gasteiger partial charge in [0.1, 0.15) is 0 Å². The van der Waals surface area contributed by atoms with Gasteiger partial charge in [0, 0.05) is 17.0 Å². The molecule has 1 aliphatic rings. The van der Waals surface area contributed by atoms with Crippen molar-refractivity contribution >= 4 is 21.6 Å². The van der Waals surface area contributed by atoms with Gasteiger partial charge in [0.15, 0.2) is 0 Å². The lowest BCUT2D eigenvalue weighted by Crippen LogP contribution is -2.10. The molecule has 1 unspecified atom stereocenters. The Morgan fingerprint density at radius 1 is 1.15 bits per heavy atom. The molecule has 20 heavy (non-hydrogen) atoms. The highest BCUT2D eigenvalue weighted by Crippen LogP contribution is 2.29. The number of hydrogen-bond acceptors (Lipinski definition) is 2. The fourth-order valence-corrected chi connectivity index (χ4v) is 3.96. The predicted molar refractivity (Wildman–Crippen MR) is 85.3 cm³/mol. The third kappa shape index (κ3) is 4.89. The predicted octanol–water partition coefficient (Wildman–Crippen LogP) is 5.26. The molecule has 0 amide bonds. The summed E-state index contributed by atoms with van der Waals surface area (Å²) in [6.45, 7) is 0. The van der Waals surface area contributed by atoms with Crippen LogP contribution in [-0.4, -0.2) is 9.75 Å². The van der Waals surface area contributed by atoms with Gasteiger partial charge in [-0.25, -0.2) is 0 Å². The first-order valence-electron chi connectivity index (χ1n) is 7.52. The molecule has 1 aliphatic carbocycles. The van der Waals surface area contributed by atoms with Crippen molar-refractivity contribution in [3.05, 3.63) is 39.9 Å². The van der Waals surface area contributed by atoms with E-state index in [0.29, 0.717) is 4.83 Å². The minimum Gasteiger partial charge on any atom is -0.258 e. The van der Waals surface area contributed by atoms with Gasteiger partial charge in [-0.2, -0.15) is 0 Å². The summed E-state index contributed by atoms with van der Waals surface area (Å²) >= 11 is 3.79. The Morgan fingerprint density at radius 3 is 2.30 bits per heavy atom. The quantitative estimate of drug-likeness (QED) is 0.317. The van der Waals surface area contributed by atoms with E-state index in [2.05, 4.69) is 15.9 Å². The summed E-state index contributed by atoms with van der Waals surface area (Å²) in [7, 11) is 0. The van der Waals surface area contributed by atoms with Crippen LogP contribution in [-0.2, 0) is 6.42 Å². The summed E-state index contributed by atoms with van der Waals surface area (Å²) in [6.07, 6.45) is 10.4. The SMILES string of the molecule is O=[N+]([O-])c1ccc(CC(Br)CC2CCCCCC2)cc1. The first-order valence-corrected chi connectivity index (χ1v) is 8.44. The van der Waals surface area contributed by atoms with E-state index in [-0.39, 0.29) is 10.6 Å². The molecule has 0 N–H and O–H groups in total. The van der Waals surface area contributed by atoms with E-state index in [1.807, 2.05) is 12.1 Å². The van der Waals surface area contributed by atoms with Crippen LogP contribution >= 0.6 is 15.9 Å². The summed E-state index contributed by atoms with van der Waals surface area (Å²) in [4.78, 5) is 10.8. The first kappa shape index (κ1) is 15.5. The van der Waals surface area contributed by atoms with Crippen molar-refractivity contribution in [3.63, 3.8) is 0 Å². The number of nitro groups is 1. The maximum absolute atomic E-state index is 10.6. The number of nitrogens with zero attached hydrogens (tertiary/aromatic N) is 1. The Morgan fingerprint density at radius 2 is 1.75 bits per heavy atom. The van der Waals surface area contributed by atoms with Crippen molar-refractivity contribution in [1.29, 1.82) is 0 Å². The van der Waals surface area contributed by atoms with Crippen molar-refractivity contribution in [1.82, 2.24) is 0 Å². The summed E-state index contributed by atoms with van der Waals surface area (Å²) in [5.74, 6) is 0.847. The molecular formula is C16H22BrNO2. The molecule has 0 spiro atoms. The highest BCUT2D eigenvalue weighted by molar-refractivity contribution is 9.09. The molecule has 110 valence electrons. The van der Waals surface area contributed by atoms with Crippen LogP contribution < -0.4 is 0 Å². The number of alkyl halides is 1. The average molecular weight is 340 g/mol. The highest BCUT2D eigenvalue weighted by Gasteiger charge is 2.17. The molecule has 0 heterocycles. The third-order valence-corrected chi connectivity index (χ3v) is 4.87. The Balaban J connectivity index is 1.83. The largest absolute Gasteiger partial charge is 0.269 e. The van der Waals surface area contributed by atoms with Gasteiger partial charge in [0.25, 0.3) is 5.69 Å². The summed E-state index contributed by atoms with van der Waals surface area (Å²) < 4.78 is 0. The van der Waals surface area contributed by atoms with Crippen molar-refractivity contribution in [2.45, 2.75) is 56.2 Å². The second-order valence-corrected chi connectivity index (χ2v) is 7.11. The van der Waals surface area contributed by atoms with Crippen LogP contribution in [0, 0.1) is 16.0 Å². The number of hydrogen-bond donors (Lipinski definition) is 0. The summed E-state index contributed by atoms with van der Waals surface area (Å²) in [5, 5.41) is 10.6. The van der Waals surface area contributed by atoms with Gasteiger partial charge < -0.3 is 0 Å². The lowest BCUT2D eigenvalue weighted by atomic mass is 9.93. The Hall–Kier alpha value is -0.900. The number of nitro benzene ring substituents is 1. The van der Waals surface area contributed by atoms with Crippen molar-refractivity contribution in [2.24, 2.45) is 5.92 Å². The van der Waals surface area contributed by atoms with Crippen LogP contribution in [0.3, 0.4) is 0 Å². The summed E-state index contributed by atoms with van der Waals surface area (Å²) in [5.41, 5.74) is 1.34. The van der Waals surface area contributed by atoms with Gasteiger partial charge in [0.05, 0.1) is 4.92 Å². The smallest absolute Gasteiger partial charge is 0.258 e. The second kappa shape index (κ2) is 7.77. The van der Waals surface area contributed by atoms with E-state index in [1.165, 1.54) is 50.5 Å². The van der Waals surface area contributed by atoms with Crippen molar-refractivity contribution < 1.29 is 4.92 Å². The molecular weight excluding hydrogens is 318 g/mol. The fourth-order valence-electron chi connectivity index (χ4n) is 3.05. The van der Waals surface area contributed by atoms with Crippen LogP contribution in [0.15, 0.2) is 24.3 Å². The molecule has 1 aromatic carbocycles. The Bertz CT molecular complexity index is 425. The zero-order valence-corrected chi connectivity index (χ0v) is 13.3. The standard InChI is InChI=1S/C16H22BrNO2/c17-15(11-13-5-3-1-2-4-6-13)12-14-7-9-16(10-8-14)18(19)20/h7-10,13,15H,1-6,11-12H2. The van der Waals surface area contributed by atoms with Gasteiger partial charge in [-0.15, -0.1) is 0 Å². The van der Waals surface area contributed by atoms with E-state index < -0.39 is 0 Å². The van der Waals surface area contributed by atoms with Crippen LogP contribution in [0.25, 0.3) is 0 Å². The first-order chi connectivity index (χ1) is 9.65.